The maximum Gasteiger partial charge on any atom is 0.242 e. The van der Waals surface area contributed by atoms with Gasteiger partial charge in [-0.15, -0.1) is 0 Å². The summed E-state index contributed by atoms with van der Waals surface area (Å²) in [6, 6.07) is 14.8. The van der Waals surface area contributed by atoms with Gasteiger partial charge >= 0.3 is 0 Å². The summed E-state index contributed by atoms with van der Waals surface area (Å²) in [7, 11) is -0.340. The van der Waals surface area contributed by atoms with Crippen LogP contribution in [0.1, 0.15) is 30.9 Å². The maximum absolute atomic E-state index is 12.0. The molecule has 2 rings (SSSR count). The summed E-state index contributed by atoms with van der Waals surface area (Å²) in [6.07, 6.45) is 0. The second-order valence-electron chi connectivity index (χ2n) is 5.91. The molecule has 0 saturated heterocycles. The lowest BCUT2D eigenvalue weighted by molar-refractivity contribution is 0.301. The minimum atomic E-state index is -3.39. The van der Waals surface area contributed by atoms with Crippen molar-refractivity contribution < 1.29 is 13.2 Å². The summed E-state index contributed by atoms with van der Waals surface area (Å²) in [6.45, 7) is 4.66. The quantitative estimate of drug-likeness (QED) is 0.811. The van der Waals surface area contributed by atoms with Crippen LogP contribution >= 0.6 is 0 Å². The molecule has 0 unspecified atom stereocenters. The largest absolute Gasteiger partial charge is 0.489 e. The molecular formula is C18H23NO3S. The van der Waals surface area contributed by atoms with E-state index in [-0.39, 0.29) is 4.90 Å². The first-order chi connectivity index (χ1) is 10.8. The Kier molecular flexibility index (Phi) is 5.44. The first-order valence-electron chi connectivity index (χ1n) is 7.55. The van der Waals surface area contributed by atoms with Gasteiger partial charge in [-0.3, -0.25) is 0 Å². The SMILES string of the molecule is CC(C)c1ccccc1OCc1ccc(S(=O)(=O)N(C)C)cc1. The minimum absolute atomic E-state index is 0.286. The summed E-state index contributed by atoms with van der Waals surface area (Å²) in [5, 5.41) is 0. The van der Waals surface area contributed by atoms with E-state index in [2.05, 4.69) is 19.9 Å². The van der Waals surface area contributed by atoms with Crippen LogP contribution in [-0.2, 0) is 16.6 Å². The average Bonchev–Trinajstić information content (AvgIpc) is 2.53. The van der Waals surface area contributed by atoms with Gasteiger partial charge in [0.15, 0.2) is 0 Å². The van der Waals surface area contributed by atoms with E-state index in [1.54, 1.807) is 24.3 Å². The van der Waals surface area contributed by atoms with Crippen molar-refractivity contribution in [2.24, 2.45) is 0 Å². The number of hydrogen-bond acceptors (Lipinski definition) is 3. The maximum atomic E-state index is 12.0. The van der Waals surface area contributed by atoms with E-state index >= 15 is 0 Å². The van der Waals surface area contributed by atoms with Crippen molar-refractivity contribution in [1.82, 2.24) is 4.31 Å². The molecule has 5 heteroatoms. The Labute approximate surface area is 138 Å². The predicted octanol–water partition coefficient (Wildman–Crippen LogP) is 3.64. The highest BCUT2D eigenvalue weighted by Gasteiger charge is 2.16. The van der Waals surface area contributed by atoms with E-state index in [1.165, 1.54) is 24.0 Å². The first-order valence-corrected chi connectivity index (χ1v) is 8.99. The molecule has 0 spiro atoms. The lowest BCUT2D eigenvalue weighted by atomic mass is 10.0. The van der Waals surface area contributed by atoms with Gasteiger partial charge in [-0.05, 0) is 35.2 Å². The van der Waals surface area contributed by atoms with Crippen LogP contribution in [0.15, 0.2) is 53.4 Å². The van der Waals surface area contributed by atoms with Crippen molar-refractivity contribution in [3.63, 3.8) is 0 Å². The zero-order chi connectivity index (χ0) is 17.0. The van der Waals surface area contributed by atoms with Crippen molar-refractivity contribution in [3.8, 4) is 5.75 Å². The Morgan fingerprint density at radius 1 is 1.00 bits per heavy atom. The Morgan fingerprint density at radius 3 is 2.17 bits per heavy atom. The van der Waals surface area contributed by atoms with Gasteiger partial charge in [0.1, 0.15) is 12.4 Å². The monoisotopic (exact) mass is 333 g/mol. The van der Waals surface area contributed by atoms with Gasteiger partial charge in [0.25, 0.3) is 0 Å². The zero-order valence-corrected chi connectivity index (χ0v) is 14.8. The molecule has 0 aromatic heterocycles. The van der Waals surface area contributed by atoms with E-state index in [9.17, 15) is 8.42 Å². The summed E-state index contributed by atoms with van der Waals surface area (Å²) in [5.41, 5.74) is 2.10. The van der Waals surface area contributed by atoms with Gasteiger partial charge < -0.3 is 4.74 Å². The lowest BCUT2D eigenvalue weighted by Gasteiger charge is -2.14. The highest BCUT2D eigenvalue weighted by Crippen LogP contribution is 2.26. The lowest BCUT2D eigenvalue weighted by Crippen LogP contribution is -2.22. The third kappa shape index (κ3) is 4.12. The molecule has 0 aliphatic rings. The number of nitrogens with zero attached hydrogens (tertiary/aromatic N) is 1. The van der Waals surface area contributed by atoms with Gasteiger partial charge in [-0.1, -0.05) is 44.2 Å². The average molecular weight is 333 g/mol. The molecule has 0 atom stereocenters. The predicted molar refractivity (Wildman–Crippen MR) is 92.2 cm³/mol. The first kappa shape index (κ1) is 17.5. The van der Waals surface area contributed by atoms with Crippen LogP contribution in [-0.4, -0.2) is 26.8 Å². The van der Waals surface area contributed by atoms with E-state index < -0.39 is 10.0 Å². The molecule has 0 heterocycles. The fourth-order valence-corrected chi connectivity index (χ4v) is 3.12. The number of ether oxygens (including phenoxy) is 1. The van der Waals surface area contributed by atoms with Crippen molar-refractivity contribution in [3.05, 3.63) is 59.7 Å². The number of para-hydroxylation sites is 1. The van der Waals surface area contributed by atoms with Crippen LogP contribution in [0.4, 0.5) is 0 Å². The molecule has 0 N–H and O–H groups in total. The molecule has 2 aromatic carbocycles. The van der Waals surface area contributed by atoms with Crippen LogP contribution in [0.2, 0.25) is 0 Å². The minimum Gasteiger partial charge on any atom is -0.489 e. The van der Waals surface area contributed by atoms with Crippen LogP contribution < -0.4 is 4.74 Å². The highest BCUT2D eigenvalue weighted by atomic mass is 32.2. The fraction of sp³-hybridized carbons (Fsp3) is 0.333. The van der Waals surface area contributed by atoms with Gasteiger partial charge in [-0.2, -0.15) is 0 Å². The van der Waals surface area contributed by atoms with Crippen molar-refractivity contribution in [2.75, 3.05) is 14.1 Å². The standard InChI is InChI=1S/C18H23NO3S/c1-14(2)17-7-5-6-8-18(17)22-13-15-9-11-16(12-10-15)23(20,21)19(3)4/h5-12,14H,13H2,1-4H3. The summed E-state index contributed by atoms with van der Waals surface area (Å²) in [5.74, 6) is 1.26. The fourth-order valence-electron chi connectivity index (χ4n) is 2.22. The van der Waals surface area contributed by atoms with Gasteiger partial charge in [0.2, 0.25) is 10.0 Å². The van der Waals surface area contributed by atoms with Crippen molar-refractivity contribution in [2.45, 2.75) is 31.3 Å². The van der Waals surface area contributed by atoms with Crippen LogP contribution in [0.25, 0.3) is 0 Å². The number of hydrogen-bond donors (Lipinski definition) is 0. The van der Waals surface area contributed by atoms with Crippen LogP contribution in [0.5, 0.6) is 5.75 Å². The van der Waals surface area contributed by atoms with Crippen molar-refractivity contribution >= 4 is 10.0 Å². The molecule has 124 valence electrons. The highest BCUT2D eigenvalue weighted by molar-refractivity contribution is 7.89. The molecule has 0 saturated carbocycles. The molecule has 0 amide bonds. The molecule has 23 heavy (non-hydrogen) atoms. The van der Waals surface area contributed by atoms with Gasteiger partial charge in [0.05, 0.1) is 4.90 Å². The van der Waals surface area contributed by atoms with Crippen molar-refractivity contribution in [1.29, 1.82) is 0 Å². The summed E-state index contributed by atoms with van der Waals surface area (Å²) >= 11 is 0. The number of rotatable bonds is 6. The van der Waals surface area contributed by atoms with E-state index in [4.69, 9.17) is 4.74 Å². The van der Waals surface area contributed by atoms with Crippen LogP contribution in [0, 0.1) is 0 Å². The normalized spacial score (nSPS) is 11.9. The molecule has 4 nitrogen and oxygen atoms in total. The second kappa shape index (κ2) is 7.15. The topological polar surface area (TPSA) is 46.6 Å². The smallest absolute Gasteiger partial charge is 0.242 e. The van der Waals surface area contributed by atoms with Gasteiger partial charge in [-0.25, -0.2) is 12.7 Å². The molecule has 0 aliphatic carbocycles. The third-order valence-corrected chi connectivity index (χ3v) is 5.47. The van der Waals surface area contributed by atoms with E-state index in [0.29, 0.717) is 12.5 Å². The Morgan fingerprint density at radius 2 is 1.61 bits per heavy atom. The number of benzene rings is 2. The summed E-state index contributed by atoms with van der Waals surface area (Å²) < 4.78 is 31.2. The molecule has 2 aromatic rings. The zero-order valence-electron chi connectivity index (χ0n) is 14.0. The molecule has 0 fully saturated rings. The molecule has 0 bridgehead atoms. The van der Waals surface area contributed by atoms with Crippen LogP contribution in [0.3, 0.4) is 0 Å². The van der Waals surface area contributed by atoms with E-state index in [1.807, 2.05) is 18.2 Å². The number of sulfonamides is 1. The van der Waals surface area contributed by atoms with Gasteiger partial charge in [0, 0.05) is 14.1 Å². The second-order valence-corrected chi connectivity index (χ2v) is 8.06. The third-order valence-electron chi connectivity index (χ3n) is 3.64. The Bertz CT molecular complexity index is 750. The molecule has 0 radical (unpaired) electrons. The van der Waals surface area contributed by atoms with E-state index in [0.717, 1.165) is 11.3 Å². The summed E-state index contributed by atoms with van der Waals surface area (Å²) in [4.78, 5) is 0.286. The molecule has 0 aliphatic heterocycles. The Hall–Kier alpha value is -1.85. The Balaban J connectivity index is 2.11. The molecular weight excluding hydrogens is 310 g/mol.